The average Bonchev–Trinajstić information content (AvgIpc) is 3.20. The minimum atomic E-state index is -1.08. The maximum Gasteiger partial charge on any atom is 0.339 e. The van der Waals surface area contributed by atoms with Gasteiger partial charge in [-0.2, -0.15) is 0 Å². The number of rotatable bonds is 8. The topological polar surface area (TPSA) is 129 Å². The second kappa shape index (κ2) is 9.12. The van der Waals surface area contributed by atoms with Crippen LogP contribution in [0, 0.1) is 10.1 Å². The molecule has 0 saturated carbocycles. The van der Waals surface area contributed by atoms with Crippen LogP contribution in [0.15, 0.2) is 36.4 Å². The lowest BCUT2D eigenvalue weighted by Gasteiger charge is -2.14. The van der Waals surface area contributed by atoms with Gasteiger partial charge in [0.2, 0.25) is 6.79 Å². The number of nitrogens with one attached hydrogen (secondary N) is 2. The van der Waals surface area contributed by atoms with E-state index in [1.54, 1.807) is 25.1 Å². The zero-order valence-electron chi connectivity index (χ0n) is 16.5. The van der Waals surface area contributed by atoms with Crippen molar-refractivity contribution in [2.45, 2.75) is 26.5 Å². The molecule has 0 spiro atoms. The zero-order valence-corrected chi connectivity index (χ0v) is 16.5. The highest BCUT2D eigenvalue weighted by Crippen LogP contribution is 2.32. The first kappa shape index (κ1) is 20.9. The van der Waals surface area contributed by atoms with Gasteiger partial charge in [0.05, 0.1) is 10.5 Å². The molecular weight excluding hydrogens is 394 g/mol. The van der Waals surface area contributed by atoms with Crippen LogP contribution in [0.2, 0.25) is 0 Å². The standard InChI is InChI=1S/C20H21N3O7/c1-3-21-15-6-5-14(9-16(15)23(26)27)20(25)30-12(2)19(24)22-10-13-4-7-17-18(8-13)29-11-28-17/h4-9,12,21H,3,10-11H2,1-2H3,(H,22,24). The van der Waals surface area contributed by atoms with Gasteiger partial charge in [-0.15, -0.1) is 0 Å². The molecule has 158 valence electrons. The average molecular weight is 415 g/mol. The molecule has 0 saturated heterocycles. The number of benzene rings is 2. The molecule has 30 heavy (non-hydrogen) atoms. The molecule has 0 bridgehead atoms. The lowest BCUT2D eigenvalue weighted by Crippen LogP contribution is -2.35. The van der Waals surface area contributed by atoms with Crippen LogP contribution in [0.1, 0.15) is 29.8 Å². The summed E-state index contributed by atoms with van der Waals surface area (Å²) in [6, 6.07) is 9.25. The molecule has 1 unspecified atom stereocenters. The van der Waals surface area contributed by atoms with Gasteiger partial charge < -0.3 is 24.8 Å². The highest BCUT2D eigenvalue weighted by molar-refractivity contribution is 5.93. The Kier molecular flexibility index (Phi) is 6.35. The summed E-state index contributed by atoms with van der Waals surface area (Å²) in [6.07, 6.45) is -1.08. The maximum absolute atomic E-state index is 12.3. The van der Waals surface area contributed by atoms with E-state index in [0.29, 0.717) is 23.7 Å². The number of anilines is 1. The Balaban J connectivity index is 1.58. The van der Waals surface area contributed by atoms with Crippen molar-refractivity contribution < 1.29 is 28.7 Å². The summed E-state index contributed by atoms with van der Waals surface area (Å²) in [6.45, 7) is 4.08. The van der Waals surface area contributed by atoms with Crippen molar-refractivity contribution in [2.24, 2.45) is 0 Å². The number of fused-ring (bicyclic) bond motifs is 1. The molecule has 0 aromatic heterocycles. The van der Waals surface area contributed by atoms with Crippen molar-refractivity contribution in [3.8, 4) is 11.5 Å². The smallest absolute Gasteiger partial charge is 0.339 e. The predicted octanol–water partition coefficient (Wildman–Crippen LogP) is 2.62. The van der Waals surface area contributed by atoms with E-state index in [0.717, 1.165) is 11.6 Å². The number of hydrogen-bond acceptors (Lipinski definition) is 8. The van der Waals surface area contributed by atoms with Gasteiger partial charge >= 0.3 is 5.97 Å². The summed E-state index contributed by atoms with van der Waals surface area (Å²) in [4.78, 5) is 35.2. The molecule has 0 radical (unpaired) electrons. The van der Waals surface area contributed by atoms with Crippen LogP contribution in [0.4, 0.5) is 11.4 Å². The number of carbonyl (C=O) groups excluding carboxylic acids is 2. The molecule has 1 amide bonds. The molecule has 1 aliphatic heterocycles. The Morgan fingerprint density at radius 2 is 1.97 bits per heavy atom. The number of ether oxygens (including phenoxy) is 3. The maximum atomic E-state index is 12.3. The summed E-state index contributed by atoms with van der Waals surface area (Å²) in [7, 11) is 0. The van der Waals surface area contributed by atoms with E-state index in [4.69, 9.17) is 14.2 Å². The lowest BCUT2D eigenvalue weighted by atomic mass is 10.1. The molecule has 10 nitrogen and oxygen atoms in total. The molecule has 1 atom stereocenters. The molecule has 2 aromatic carbocycles. The molecule has 0 aliphatic carbocycles. The van der Waals surface area contributed by atoms with Crippen LogP contribution in [-0.2, 0) is 16.1 Å². The van der Waals surface area contributed by atoms with E-state index >= 15 is 0 Å². The minimum Gasteiger partial charge on any atom is -0.454 e. The number of nitro groups is 1. The predicted molar refractivity (Wildman–Crippen MR) is 107 cm³/mol. The van der Waals surface area contributed by atoms with E-state index < -0.39 is 22.9 Å². The van der Waals surface area contributed by atoms with Gasteiger partial charge in [-0.25, -0.2) is 4.79 Å². The Bertz CT molecular complexity index is 977. The van der Waals surface area contributed by atoms with Crippen LogP contribution in [0.3, 0.4) is 0 Å². The second-order valence-electron chi connectivity index (χ2n) is 6.47. The van der Waals surface area contributed by atoms with Crippen LogP contribution >= 0.6 is 0 Å². The molecule has 3 rings (SSSR count). The highest BCUT2D eigenvalue weighted by Gasteiger charge is 2.22. The summed E-state index contributed by atoms with van der Waals surface area (Å²) < 4.78 is 15.7. The van der Waals surface area contributed by atoms with Gasteiger partial charge in [-0.1, -0.05) is 6.07 Å². The first-order valence-corrected chi connectivity index (χ1v) is 9.28. The number of nitrogens with zero attached hydrogens (tertiary/aromatic N) is 1. The van der Waals surface area contributed by atoms with E-state index in [2.05, 4.69) is 10.6 Å². The van der Waals surface area contributed by atoms with Crippen LogP contribution in [0.5, 0.6) is 11.5 Å². The lowest BCUT2D eigenvalue weighted by molar-refractivity contribution is -0.384. The van der Waals surface area contributed by atoms with Crippen molar-refractivity contribution in [2.75, 3.05) is 18.7 Å². The third kappa shape index (κ3) is 4.77. The Hall–Kier alpha value is -3.82. The van der Waals surface area contributed by atoms with Gasteiger partial charge in [0.25, 0.3) is 11.6 Å². The number of esters is 1. The Morgan fingerprint density at radius 3 is 2.70 bits per heavy atom. The number of carbonyl (C=O) groups is 2. The fourth-order valence-corrected chi connectivity index (χ4v) is 2.82. The van der Waals surface area contributed by atoms with E-state index in [1.165, 1.54) is 19.1 Å². The summed E-state index contributed by atoms with van der Waals surface area (Å²) in [5, 5.41) is 16.8. The summed E-state index contributed by atoms with van der Waals surface area (Å²) >= 11 is 0. The SMILES string of the molecule is CCNc1ccc(C(=O)OC(C)C(=O)NCc2ccc3c(c2)OCO3)cc1[N+](=O)[O-]. The third-order valence-corrected chi connectivity index (χ3v) is 4.35. The Labute approximate surface area is 172 Å². The number of hydrogen-bond donors (Lipinski definition) is 2. The van der Waals surface area contributed by atoms with Gasteiger partial charge in [0.15, 0.2) is 17.6 Å². The van der Waals surface area contributed by atoms with Gasteiger partial charge in [0, 0.05) is 19.2 Å². The summed E-state index contributed by atoms with van der Waals surface area (Å²) in [5.41, 5.74) is 0.833. The van der Waals surface area contributed by atoms with Crippen LogP contribution in [0.25, 0.3) is 0 Å². The molecule has 2 N–H and O–H groups in total. The summed E-state index contributed by atoms with van der Waals surface area (Å²) in [5.74, 6) is -0.0860. The molecule has 10 heteroatoms. The van der Waals surface area contributed by atoms with Crippen molar-refractivity contribution in [3.63, 3.8) is 0 Å². The van der Waals surface area contributed by atoms with Crippen molar-refractivity contribution in [1.82, 2.24) is 5.32 Å². The molecule has 0 fully saturated rings. The van der Waals surface area contributed by atoms with E-state index in [1.807, 2.05) is 0 Å². The van der Waals surface area contributed by atoms with Crippen LogP contribution in [-0.4, -0.2) is 36.2 Å². The molecule has 1 aliphatic rings. The monoisotopic (exact) mass is 415 g/mol. The molecular formula is C20H21N3O7. The quantitative estimate of drug-likeness (QED) is 0.382. The Morgan fingerprint density at radius 1 is 1.20 bits per heavy atom. The molecule has 1 heterocycles. The van der Waals surface area contributed by atoms with E-state index in [-0.39, 0.29) is 24.6 Å². The van der Waals surface area contributed by atoms with Crippen LogP contribution < -0.4 is 20.1 Å². The fourth-order valence-electron chi connectivity index (χ4n) is 2.82. The first-order chi connectivity index (χ1) is 14.4. The van der Waals surface area contributed by atoms with Gasteiger partial charge in [-0.3, -0.25) is 14.9 Å². The third-order valence-electron chi connectivity index (χ3n) is 4.35. The van der Waals surface area contributed by atoms with E-state index in [9.17, 15) is 19.7 Å². The van der Waals surface area contributed by atoms with Gasteiger partial charge in [0.1, 0.15) is 5.69 Å². The largest absolute Gasteiger partial charge is 0.454 e. The van der Waals surface area contributed by atoms with Crippen molar-refractivity contribution in [3.05, 3.63) is 57.6 Å². The minimum absolute atomic E-state index is 0.0150. The highest BCUT2D eigenvalue weighted by atomic mass is 16.7. The first-order valence-electron chi connectivity index (χ1n) is 9.28. The number of amides is 1. The zero-order chi connectivity index (χ0) is 21.7. The van der Waals surface area contributed by atoms with Crippen molar-refractivity contribution in [1.29, 1.82) is 0 Å². The van der Waals surface area contributed by atoms with Gasteiger partial charge in [-0.05, 0) is 43.7 Å². The fraction of sp³-hybridized carbons (Fsp3) is 0.300. The molecule has 2 aromatic rings. The normalized spacial score (nSPS) is 12.7. The second-order valence-corrected chi connectivity index (χ2v) is 6.47. The van der Waals surface area contributed by atoms with Crippen molar-refractivity contribution >= 4 is 23.3 Å². The number of nitro benzene ring substituents is 1.